The zero-order chi connectivity index (χ0) is 8.97. The standard InChI is InChI=1S/C6H9N5S/c1-11-4-5(3-9-11)2-8-10-6(7)12/h2-4H,1H3,(H3,7,10,12)/b8-2+. The topological polar surface area (TPSA) is 68.2 Å². The third-order valence-electron chi connectivity index (χ3n) is 1.11. The van der Waals surface area contributed by atoms with Crippen molar-refractivity contribution < 1.29 is 0 Å². The van der Waals surface area contributed by atoms with E-state index in [2.05, 4.69) is 27.8 Å². The van der Waals surface area contributed by atoms with Crippen molar-refractivity contribution in [3.8, 4) is 0 Å². The second kappa shape index (κ2) is 3.82. The summed E-state index contributed by atoms with van der Waals surface area (Å²) in [5, 5.41) is 7.86. The number of nitrogens with one attached hydrogen (secondary N) is 1. The van der Waals surface area contributed by atoms with Gasteiger partial charge >= 0.3 is 0 Å². The van der Waals surface area contributed by atoms with E-state index in [1.165, 1.54) is 0 Å². The van der Waals surface area contributed by atoms with Crippen LogP contribution in [0.2, 0.25) is 0 Å². The summed E-state index contributed by atoms with van der Waals surface area (Å²) in [6.45, 7) is 0. The number of thiocarbonyl (C=S) groups is 1. The number of aromatic nitrogens is 2. The van der Waals surface area contributed by atoms with Crippen molar-refractivity contribution in [2.75, 3.05) is 0 Å². The average molecular weight is 183 g/mol. The van der Waals surface area contributed by atoms with Crippen LogP contribution in [0.3, 0.4) is 0 Å². The number of nitrogens with zero attached hydrogens (tertiary/aromatic N) is 3. The summed E-state index contributed by atoms with van der Waals surface area (Å²) in [6, 6.07) is 0. The molecule has 0 aliphatic rings. The van der Waals surface area contributed by atoms with Crippen LogP contribution in [0.1, 0.15) is 5.56 Å². The molecule has 0 unspecified atom stereocenters. The highest BCUT2D eigenvalue weighted by molar-refractivity contribution is 7.80. The van der Waals surface area contributed by atoms with Gasteiger partial charge in [0, 0.05) is 18.8 Å². The lowest BCUT2D eigenvalue weighted by Crippen LogP contribution is -2.23. The molecule has 12 heavy (non-hydrogen) atoms. The van der Waals surface area contributed by atoms with Crippen molar-refractivity contribution in [1.82, 2.24) is 15.2 Å². The van der Waals surface area contributed by atoms with Gasteiger partial charge in [-0.1, -0.05) is 0 Å². The van der Waals surface area contributed by atoms with Gasteiger partial charge in [-0.25, -0.2) is 0 Å². The molecular formula is C6H9N5S. The molecule has 0 radical (unpaired) electrons. The molecule has 0 saturated heterocycles. The molecule has 1 aromatic rings. The van der Waals surface area contributed by atoms with Crippen LogP contribution in [0, 0.1) is 0 Å². The first-order chi connectivity index (χ1) is 5.68. The highest BCUT2D eigenvalue weighted by Crippen LogP contribution is 1.89. The maximum atomic E-state index is 5.15. The zero-order valence-electron chi connectivity index (χ0n) is 6.56. The zero-order valence-corrected chi connectivity index (χ0v) is 7.38. The lowest BCUT2D eigenvalue weighted by molar-refractivity contribution is 0.767. The van der Waals surface area contributed by atoms with Crippen LogP contribution in [0.4, 0.5) is 0 Å². The summed E-state index contributed by atoms with van der Waals surface area (Å²) in [5.41, 5.74) is 8.48. The Morgan fingerprint density at radius 3 is 3.17 bits per heavy atom. The van der Waals surface area contributed by atoms with Crippen molar-refractivity contribution in [1.29, 1.82) is 0 Å². The summed E-state index contributed by atoms with van der Waals surface area (Å²) >= 11 is 4.55. The first kappa shape index (κ1) is 8.66. The Labute approximate surface area is 75.2 Å². The van der Waals surface area contributed by atoms with E-state index < -0.39 is 0 Å². The van der Waals surface area contributed by atoms with Gasteiger partial charge in [0.25, 0.3) is 0 Å². The predicted octanol–water partition coefficient (Wildman–Crippen LogP) is -0.413. The molecule has 0 fully saturated rings. The van der Waals surface area contributed by atoms with Crippen LogP contribution < -0.4 is 11.2 Å². The van der Waals surface area contributed by atoms with Gasteiger partial charge in [0.15, 0.2) is 5.11 Å². The minimum atomic E-state index is 0.148. The molecule has 0 atom stereocenters. The Kier molecular flexibility index (Phi) is 2.76. The molecule has 0 amide bonds. The van der Waals surface area contributed by atoms with Gasteiger partial charge < -0.3 is 5.73 Å². The number of hydrogen-bond donors (Lipinski definition) is 2. The van der Waals surface area contributed by atoms with Crippen LogP contribution >= 0.6 is 12.2 Å². The van der Waals surface area contributed by atoms with Crippen LogP contribution in [0.25, 0.3) is 0 Å². The molecule has 0 bridgehead atoms. The van der Waals surface area contributed by atoms with E-state index in [4.69, 9.17) is 5.73 Å². The third kappa shape index (κ3) is 2.67. The highest BCUT2D eigenvalue weighted by Gasteiger charge is 1.89. The van der Waals surface area contributed by atoms with Crippen molar-refractivity contribution in [3.05, 3.63) is 18.0 Å². The molecule has 0 aliphatic carbocycles. The van der Waals surface area contributed by atoms with Gasteiger partial charge in [0.1, 0.15) is 0 Å². The van der Waals surface area contributed by atoms with Crippen LogP contribution in [-0.2, 0) is 7.05 Å². The fourth-order valence-electron chi connectivity index (χ4n) is 0.677. The molecule has 0 saturated carbocycles. The van der Waals surface area contributed by atoms with Crippen LogP contribution in [-0.4, -0.2) is 21.1 Å². The maximum Gasteiger partial charge on any atom is 0.184 e. The summed E-state index contributed by atoms with van der Waals surface area (Å²) in [7, 11) is 1.83. The molecule has 6 heteroatoms. The summed E-state index contributed by atoms with van der Waals surface area (Å²) in [6.07, 6.45) is 5.10. The lowest BCUT2D eigenvalue weighted by atomic mass is 10.4. The predicted molar refractivity (Wildman–Crippen MR) is 50.7 cm³/mol. The van der Waals surface area contributed by atoms with E-state index in [1.807, 2.05) is 13.2 Å². The van der Waals surface area contributed by atoms with Gasteiger partial charge in [0.2, 0.25) is 0 Å². The monoisotopic (exact) mass is 183 g/mol. The Bertz CT molecular complexity index is 303. The number of hydrogen-bond acceptors (Lipinski definition) is 3. The average Bonchev–Trinajstić information content (AvgIpc) is 2.35. The summed E-state index contributed by atoms with van der Waals surface area (Å²) < 4.78 is 1.68. The number of hydrazone groups is 1. The fraction of sp³-hybridized carbons (Fsp3) is 0.167. The largest absolute Gasteiger partial charge is 0.375 e. The quantitative estimate of drug-likeness (QED) is 0.371. The Morgan fingerprint density at radius 2 is 2.67 bits per heavy atom. The van der Waals surface area contributed by atoms with Gasteiger partial charge in [-0.05, 0) is 12.2 Å². The second-order valence-electron chi connectivity index (χ2n) is 2.18. The Hall–Kier alpha value is -1.43. The van der Waals surface area contributed by atoms with Crippen molar-refractivity contribution >= 4 is 23.5 Å². The number of aryl methyl sites for hydroxylation is 1. The molecule has 1 aromatic heterocycles. The van der Waals surface area contributed by atoms with Crippen LogP contribution in [0.15, 0.2) is 17.5 Å². The van der Waals surface area contributed by atoms with Gasteiger partial charge in [-0.15, -0.1) is 0 Å². The normalized spacial score (nSPS) is 10.4. The van der Waals surface area contributed by atoms with E-state index in [1.54, 1.807) is 17.1 Å². The first-order valence-corrected chi connectivity index (χ1v) is 3.66. The minimum absolute atomic E-state index is 0.148. The first-order valence-electron chi connectivity index (χ1n) is 3.25. The van der Waals surface area contributed by atoms with E-state index in [9.17, 15) is 0 Å². The lowest BCUT2D eigenvalue weighted by Gasteiger charge is -1.91. The Morgan fingerprint density at radius 1 is 1.92 bits per heavy atom. The van der Waals surface area contributed by atoms with Crippen LogP contribution in [0.5, 0.6) is 0 Å². The molecule has 0 spiro atoms. The number of nitrogens with two attached hydrogens (primary N) is 1. The van der Waals surface area contributed by atoms with E-state index in [-0.39, 0.29) is 5.11 Å². The minimum Gasteiger partial charge on any atom is -0.375 e. The summed E-state index contributed by atoms with van der Waals surface area (Å²) in [4.78, 5) is 0. The maximum absolute atomic E-state index is 5.15. The van der Waals surface area contributed by atoms with E-state index in [0.29, 0.717) is 0 Å². The SMILES string of the molecule is Cn1cc(/C=N/NC(N)=S)cn1. The molecule has 0 aromatic carbocycles. The van der Waals surface area contributed by atoms with E-state index >= 15 is 0 Å². The smallest absolute Gasteiger partial charge is 0.184 e. The molecule has 64 valence electrons. The van der Waals surface area contributed by atoms with Crippen molar-refractivity contribution in [3.63, 3.8) is 0 Å². The van der Waals surface area contributed by atoms with Gasteiger partial charge in [0.05, 0.1) is 12.4 Å². The molecule has 1 heterocycles. The molecule has 0 aliphatic heterocycles. The Balaban J connectivity index is 2.52. The number of rotatable bonds is 2. The van der Waals surface area contributed by atoms with Crippen molar-refractivity contribution in [2.45, 2.75) is 0 Å². The van der Waals surface area contributed by atoms with Crippen molar-refractivity contribution in [2.24, 2.45) is 17.9 Å². The second-order valence-corrected chi connectivity index (χ2v) is 2.62. The van der Waals surface area contributed by atoms with Gasteiger partial charge in [-0.2, -0.15) is 10.2 Å². The molecule has 3 N–H and O–H groups in total. The molecule has 5 nitrogen and oxygen atoms in total. The molecular weight excluding hydrogens is 174 g/mol. The fourth-order valence-corrected chi connectivity index (χ4v) is 0.730. The molecule has 1 rings (SSSR count). The highest BCUT2D eigenvalue weighted by atomic mass is 32.1. The third-order valence-corrected chi connectivity index (χ3v) is 1.20. The van der Waals surface area contributed by atoms with Gasteiger partial charge in [-0.3, -0.25) is 10.1 Å². The summed E-state index contributed by atoms with van der Waals surface area (Å²) in [5.74, 6) is 0. The van der Waals surface area contributed by atoms with E-state index in [0.717, 1.165) is 5.56 Å².